The van der Waals surface area contributed by atoms with Crippen molar-refractivity contribution in [2.24, 2.45) is 0 Å². The molecule has 0 aliphatic carbocycles. The van der Waals surface area contributed by atoms with Crippen molar-refractivity contribution in [1.82, 2.24) is 4.90 Å². The Bertz CT molecular complexity index is 584. The summed E-state index contributed by atoms with van der Waals surface area (Å²) < 4.78 is 0. The van der Waals surface area contributed by atoms with Gasteiger partial charge in [0.25, 0.3) is 0 Å². The van der Waals surface area contributed by atoms with Crippen molar-refractivity contribution in [3.63, 3.8) is 0 Å². The van der Waals surface area contributed by atoms with Crippen LogP contribution in [0.4, 0.5) is 5.69 Å². The van der Waals surface area contributed by atoms with Gasteiger partial charge in [-0.2, -0.15) is 0 Å². The molecule has 0 heterocycles. The topological polar surface area (TPSA) is 29.3 Å². The first kappa shape index (κ1) is 15.2. The molecule has 106 valence electrons. The van der Waals surface area contributed by atoms with Crippen LogP contribution < -0.4 is 5.73 Å². The molecule has 4 heteroatoms. The Morgan fingerprint density at radius 3 is 2.40 bits per heavy atom. The maximum Gasteiger partial charge on any atom is 0.0452 e. The van der Waals surface area contributed by atoms with E-state index in [0.717, 1.165) is 41.5 Å². The summed E-state index contributed by atoms with van der Waals surface area (Å²) in [5.74, 6) is 0. The second-order valence-electron chi connectivity index (χ2n) is 4.74. The minimum Gasteiger partial charge on any atom is -0.398 e. The van der Waals surface area contributed by atoms with Crippen LogP contribution in [0.1, 0.15) is 18.1 Å². The van der Waals surface area contributed by atoms with E-state index in [4.69, 9.17) is 28.9 Å². The number of benzene rings is 2. The zero-order valence-corrected chi connectivity index (χ0v) is 13.0. The van der Waals surface area contributed by atoms with Gasteiger partial charge in [0.05, 0.1) is 0 Å². The summed E-state index contributed by atoms with van der Waals surface area (Å²) in [6.07, 6.45) is 0. The van der Waals surface area contributed by atoms with Crippen LogP contribution in [0.3, 0.4) is 0 Å². The van der Waals surface area contributed by atoms with Gasteiger partial charge in [-0.05, 0) is 41.9 Å². The summed E-state index contributed by atoms with van der Waals surface area (Å²) in [6.45, 7) is 4.59. The highest BCUT2D eigenvalue weighted by atomic mass is 35.5. The second-order valence-corrected chi connectivity index (χ2v) is 5.58. The molecule has 20 heavy (non-hydrogen) atoms. The molecular formula is C16H18Cl2N2. The molecule has 0 atom stereocenters. The van der Waals surface area contributed by atoms with Gasteiger partial charge in [-0.3, -0.25) is 4.90 Å². The zero-order chi connectivity index (χ0) is 14.5. The predicted molar refractivity (Wildman–Crippen MR) is 87.1 cm³/mol. The minimum absolute atomic E-state index is 0.708. The molecule has 0 aromatic heterocycles. The van der Waals surface area contributed by atoms with Crippen molar-refractivity contribution in [1.29, 1.82) is 0 Å². The highest BCUT2D eigenvalue weighted by molar-refractivity contribution is 6.33. The fraction of sp³-hybridized carbons (Fsp3) is 0.250. The summed E-state index contributed by atoms with van der Waals surface area (Å²) in [5.41, 5.74) is 8.99. The number of hydrogen-bond donors (Lipinski definition) is 1. The van der Waals surface area contributed by atoms with E-state index >= 15 is 0 Å². The van der Waals surface area contributed by atoms with E-state index in [2.05, 4.69) is 17.9 Å². The summed E-state index contributed by atoms with van der Waals surface area (Å²) in [6, 6.07) is 13.5. The van der Waals surface area contributed by atoms with Gasteiger partial charge < -0.3 is 5.73 Å². The van der Waals surface area contributed by atoms with Crippen LogP contribution in [0.2, 0.25) is 10.0 Å². The lowest BCUT2D eigenvalue weighted by atomic mass is 10.1. The molecule has 0 amide bonds. The Balaban J connectivity index is 2.13. The van der Waals surface area contributed by atoms with Crippen molar-refractivity contribution < 1.29 is 0 Å². The van der Waals surface area contributed by atoms with Crippen LogP contribution in [0.15, 0.2) is 42.5 Å². The minimum atomic E-state index is 0.708. The molecule has 0 bridgehead atoms. The van der Waals surface area contributed by atoms with Gasteiger partial charge in [-0.25, -0.2) is 0 Å². The van der Waals surface area contributed by atoms with E-state index in [1.807, 2.05) is 30.3 Å². The molecule has 0 saturated heterocycles. The Kier molecular flexibility index (Phi) is 5.30. The fourth-order valence-corrected chi connectivity index (χ4v) is 2.48. The second kappa shape index (κ2) is 6.98. The van der Waals surface area contributed by atoms with Crippen molar-refractivity contribution in [3.8, 4) is 0 Å². The number of halogens is 2. The van der Waals surface area contributed by atoms with Gasteiger partial charge >= 0.3 is 0 Å². The lowest BCUT2D eigenvalue weighted by Crippen LogP contribution is -2.23. The number of nitrogens with two attached hydrogens (primary N) is 1. The SMILES string of the molecule is CCN(Cc1ccccc1N)Cc1cc(Cl)ccc1Cl. The third-order valence-corrected chi connectivity index (χ3v) is 3.90. The molecule has 0 radical (unpaired) electrons. The van der Waals surface area contributed by atoms with Crippen LogP contribution in [-0.2, 0) is 13.1 Å². The van der Waals surface area contributed by atoms with Gasteiger partial charge in [0.1, 0.15) is 0 Å². The average molecular weight is 309 g/mol. The molecule has 2 N–H and O–H groups in total. The molecule has 2 aromatic rings. The third-order valence-electron chi connectivity index (χ3n) is 3.30. The van der Waals surface area contributed by atoms with E-state index in [0.29, 0.717) is 5.02 Å². The van der Waals surface area contributed by atoms with Gasteiger partial charge in [0.2, 0.25) is 0 Å². The van der Waals surface area contributed by atoms with Crippen LogP contribution in [0, 0.1) is 0 Å². The largest absolute Gasteiger partial charge is 0.398 e. The normalized spacial score (nSPS) is 11.0. The number of nitrogens with zero attached hydrogens (tertiary/aromatic N) is 1. The smallest absolute Gasteiger partial charge is 0.0452 e. The van der Waals surface area contributed by atoms with Crippen LogP contribution in [-0.4, -0.2) is 11.4 Å². The number of para-hydroxylation sites is 1. The molecule has 0 aliphatic rings. The van der Waals surface area contributed by atoms with Gasteiger partial charge in [0.15, 0.2) is 0 Å². The van der Waals surface area contributed by atoms with E-state index in [-0.39, 0.29) is 0 Å². The summed E-state index contributed by atoms with van der Waals surface area (Å²) >= 11 is 12.3. The Morgan fingerprint density at radius 2 is 1.70 bits per heavy atom. The molecular weight excluding hydrogens is 291 g/mol. The first-order valence-electron chi connectivity index (χ1n) is 6.59. The first-order valence-corrected chi connectivity index (χ1v) is 7.35. The van der Waals surface area contributed by atoms with E-state index in [9.17, 15) is 0 Å². The van der Waals surface area contributed by atoms with Crippen molar-refractivity contribution in [3.05, 3.63) is 63.6 Å². The average Bonchev–Trinajstić information content (AvgIpc) is 2.44. The Labute approximate surface area is 130 Å². The lowest BCUT2D eigenvalue weighted by molar-refractivity contribution is 0.272. The zero-order valence-electron chi connectivity index (χ0n) is 11.4. The Hall–Kier alpha value is -1.22. The molecule has 2 aromatic carbocycles. The van der Waals surface area contributed by atoms with Gasteiger partial charge in [-0.15, -0.1) is 0 Å². The summed E-state index contributed by atoms with van der Waals surface area (Å²) in [7, 11) is 0. The first-order chi connectivity index (χ1) is 9.60. The monoisotopic (exact) mass is 308 g/mol. The number of hydrogen-bond acceptors (Lipinski definition) is 2. The van der Waals surface area contributed by atoms with Gasteiger partial charge in [-0.1, -0.05) is 48.3 Å². The summed E-state index contributed by atoms with van der Waals surface area (Å²) in [5, 5.41) is 1.45. The molecule has 0 fully saturated rings. The molecule has 0 aliphatic heterocycles. The third kappa shape index (κ3) is 3.89. The van der Waals surface area contributed by atoms with E-state index in [1.165, 1.54) is 0 Å². The number of nitrogen functional groups attached to an aromatic ring is 1. The molecule has 2 nitrogen and oxygen atoms in total. The highest BCUT2D eigenvalue weighted by Gasteiger charge is 2.09. The van der Waals surface area contributed by atoms with Crippen LogP contribution in [0.25, 0.3) is 0 Å². The number of rotatable bonds is 5. The molecule has 0 unspecified atom stereocenters. The van der Waals surface area contributed by atoms with Crippen molar-refractivity contribution in [2.75, 3.05) is 12.3 Å². The predicted octanol–water partition coefficient (Wildman–Crippen LogP) is 4.60. The van der Waals surface area contributed by atoms with E-state index in [1.54, 1.807) is 6.07 Å². The fourth-order valence-electron chi connectivity index (χ4n) is 2.10. The lowest BCUT2D eigenvalue weighted by Gasteiger charge is -2.22. The number of anilines is 1. The van der Waals surface area contributed by atoms with Crippen LogP contribution in [0.5, 0.6) is 0 Å². The quantitative estimate of drug-likeness (QED) is 0.818. The van der Waals surface area contributed by atoms with Crippen molar-refractivity contribution in [2.45, 2.75) is 20.0 Å². The standard InChI is InChI=1S/C16H18Cl2N2/c1-2-20(10-12-5-3-4-6-16(12)19)11-13-9-14(17)7-8-15(13)18/h3-9H,2,10-11,19H2,1H3. The van der Waals surface area contributed by atoms with Crippen molar-refractivity contribution >= 4 is 28.9 Å². The van der Waals surface area contributed by atoms with Gasteiger partial charge in [0, 0.05) is 28.8 Å². The molecule has 0 saturated carbocycles. The molecule has 0 spiro atoms. The van der Waals surface area contributed by atoms with E-state index < -0.39 is 0 Å². The maximum atomic E-state index is 6.22. The Morgan fingerprint density at radius 1 is 1.00 bits per heavy atom. The highest BCUT2D eigenvalue weighted by Crippen LogP contribution is 2.23. The molecule has 2 rings (SSSR count). The summed E-state index contributed by atoms with van der Waals surface area (Å²) in [4.78, 5) is 2.28. The van der Waals surface area contributed by atoms with Crippen LogP contribution >= 0.6 is 23.2 Å². The maximum absolute atomic E-state index is 6.22.